The average molecular weight is 388 g/mol. The second-order valence-corrected chi connectivity index (χ2v) is 8.27. The highest BCUT2D eigenvalue weighted by atomic mass is 16.5. The fourth-order valence-electron chi connectivity index (χ4n) is 3.90. The third-order valence-corrected chi connectivity index (χ3v) is 5.33. The summed E-state index contributed by atoms with van der Waals surface area (Å²) in [7, 11) is 0. The fourth-order valence-corrected chi connectivity index (χ4v) is 3.90. The minimum absolute atomic E-state index is 0.0218. The summed E-state index contributed by atoms with van der Waals surface area (Å²) < 4.78 is 5.62. The molecule has 0 bridgehead atoms. The number of piperidine rings is 1. The third kappa shape index (κ3) is 5.71. The number of amides is 2. The predicted molar refractivity (Wildman–Crippen MR) is 112 cm³/mol. The van der Waals surface area contributed by atoms with E-state index in [1.165, 1.54) is 6.42 Å². The molecule has 0 saturated carbocycles. The molecule has 6 heteroatoms. The summed E-state index contributed by atoms with van der Waals surface area (Å²) in [6, 6.07) is 5.68. The maximum absolute atomic E-state index is 13.0. The van der Waals surface area contributed by atoms with E-state index in [1.807, 2.05) is 32.0 Å². The van der Waals surface area contributed by atoms with E-state index in [0.29, 0.717) is 30.1 Å². The molecule has 0 aliphatic carbocycles. The van der Waals surface area contributed by atoms with Gasteiger partial charge >= 0.3 is 0 Å². The lowest BCUT2D eigenvalue weighted by Crippen LogP contribution is -2.35. The molecule has 0 unspecified atom stereocenters. The van der Waals surface area contributed by atoms with Crippen molar-refractivity contribution in [3.8, 4) is 0 Å². The quantitative estimate of drug-likeness (QED) is 0.750. The zero-order valence-electron chi connectivity index (χ0n) is 17.1. The molecular weight excluding hydrogens is 354 g/mol. The lowest BCUT2D eigenvalue weighted by Gasteiger charge is -2.30. The number of anilines is 2. The van der Waals surface area contributed by atoms with Crippen LogP contribution in [-0.4, -0.2) is 44.2 Å². The van der Waals surface area contributed by atoms with Crippen molar-refractivity contribution in [1.29, 1.82) is 0 Å². The van der Waals surface area contributed by atoms with Gasteiger partial charge in [0.15, 0.2) is 0 Å². The van der Waals surface area contributed by atoms with E-state index < -0.39 is 0 Å². The molecule has 0 aromatic heterocycles. The molecule has 2 fully saturated rings. The molecule has 2 amide bonds. The van der Waals surface area contributed by atoms with Crippen LogP contribution >= 0.6 is 0 Å². The summed E-state index contributed by atoms with van der Waals surface area (Å²) >= 11 is 0. The normalized spacial score (nSPS) is 19.7. The number of hydrogen-bond acceptors (Lipinski definition) is 4. The van der Waals surface area contributed by atoms with Crippen molar-refractivity contribution in [2.75, 3.05) is 36.5 Å². The van der Waals surface area contributed by atoms with Gasteiger partial charge in [-0.15, -0.1) is 0 Å². The van der Waals surface area contributed by atoms with E-state index in [4.69, 9.17) is 4.74 Å². The number of carbonyl (C=O) groups is 2. The summed E-state index contributed by atoms with van der Waals surface area (Å²) in [5, 5.41) is 5.96. The van der Waals surface area contributed by atoms with E-state index in [9.17, 15) is 9.59 Å². The number of ether oxygens (including phenoxy) is 1. The molecule has 2 aliphatic rings. The minimum atomic E-state index is -0.101. The molecule has 1 aromatic carbocycles. The molecule has 2 heterocycles. The van der Waals surface area contributed by atoms with Crippen LogP contribution in [0.25, 0.3) is 0 Å². The first kappa shape index (κ1) is 20.6. The molecule has 3 rings (SSSR count). The van der Waals surface area contributed by atoms with Crippen molar-refractivity contribution in [1.82, 2.24) is 5.32 Å². The first-order chi connectivity index (χ1) is 13.5. The van der Waals surface area contributed by atoms with Gasteiger partial charge in [-0.2, -0.15) is 0 Å². The van der Waals surface area contributed by atoms with E-state index in [1.54, 1.807) is 0 Å². The molecule has 6 nitrogen and oxygen atoms in total. The van der Waals surface area contributed by atoms with Gasteiger partial charge in [-0.05, 0) is 56.2 Å². The largest absolute Gasteiger partial charge is 0.376 e. The Labute approximate surface area is 168 Å². The lowest BCUT2D eigenvalue weighted by molar-refractivity contribution is -0.116. The smallest absolute Gasteiger partial charge is 0.253 e. The van der Waals surface area contributed by atoms with Crippen LogP contribution in [0.5, 0.6) is 0 Å². The van der Waals surface area contributed by atoms with Gasteiger partial charge in [0.1, 0.15) is 0 Å². The van der Waals surface area contributed by atoms with E-state index in [-0.39, 0.29) is 17.9 Å². The maximum Gasteiger partial charge on any atom is 0.253 e. The highest BCUT2D eigenvalue weighted by molar-refractivity contribution is 6.02. The molecular formula is C22H33N3O3. The van der Waals surface area contributed by atoms with Gasteiger partial charge in [-0.3, -0.25) is 9.59 Å². The average Bonchev–Trinajstić information content (AvgIpc) is 3.19. The van der Waals surface area contributed by atoms with Crippen LogP contribution in [0.1, 0.15) is 62.7 Å². The number of hydrogen-bond donors (Lipinski definition) is 2. The van der Waals surface area contributed by atoms with Crippen molar-refractivity contribution in [3.05, 3.63) is 23.8 Å². The molecule has 2 aliphatic heterocycles. The van der Waals surface area contributed by atoms with Crippen LogP contribution in [-0.2, 0) is 9.53 Å². The van der Waals surface area contributed by atoms with Crippen LogP contribution in [0.4, 0.5) is 11.4 Å². The van der Waals surface area contributed by atoms with E-state index in [2.05, 4.69) is 15.5 Å². The first-order valence-corrected chi connectivity index (χ1v) is 10.6. The molecule has 2 N–H and O–H groups in total. The summed E-state index contributed by atoms with van der Waals surface area (Å²) in [4.78, 5) is 27.4. The van der Waals surface area contributed by atoms with Gasteiger partial charge in [-0.1, -0.05) is 13.8 Å². The monoisotopic (exact) mass is 387 g/mol. The Kier molecular flexibility index (Phi) is 7.31. The Balaban J connectivity index is 1.76. The number of carbonyl (C=O) groups excluding carboxylic acids is 2. The molecule has 1 aromatic rings. The van der Waals surface area contributed by atoms with Crippen molar-refractivity contribution >= 4 is 23.2 Å². The van der Waals surface area contributed by atoms with Crippen LogP contribution in [0.3, 0.4) is 0 Å². The topological polar surface area (TPSA) is 70.7 Å². The van der Waals surface area contributed by atoms with Crippen LogP contribution in [0.2, 0.25) is 0 Å². The van der Waals surface area contributed by atoms with Crippen molar-refractivity contribution < 1.29 is 14.3 Å². The molecule has 154 valence electrons. The van der Waals surface area contributed by atoms with Gasteiger partial charge in [0.25, 0.3) is 5.91 Å². The fraction of sp³-hybridized carbons (Fsp3) is 0.636. The number of nitrogens with zero attached hydrogens (tertiary/aromatic N) is 1. The standard InChI is InChI=1S/C22H33N3O3/c1-16(2)13-21(26)24-17-8-9-20(25-10-4-3-5-11-25)19(14-17)22(27)23-15-18-7-6-12-28-18/h8-9,14,16,18H,3-7,10-13,15H2,1-2H3,(H,23,27)(H,24,26)/t18-/m0/s1. The van der Waals surface area contributed by atoms with Crippen molar-refractivity contribution in [3.63, 3.8) is 0 Å². The summed E-state index contributed by atoms with van der Waals surface area (Å²) in [6.07, 6.45) is 6.14. The third-order valence-electron chi connectivity index (χ3n) is 5.33. The van der Waals surface area contributed by atoms with Gasteiger partial charge in [-0.25, -0.2) is 0 Å². The Hall–Kier alpha value is -2.08. The van der Waals surface area contributed by atoms with Gasteiger partial charge in [0, 0.05) is 44.0 Å². The second-order valence-electron chi connectivity index (χ2n) is 8.27. The molecule has 0 radical (unpaired) electrons. The zero-order chi connectivity index (χ0) is 19.9. The molecule has 28 heavy (non-hydrogen) atoms. The highest BCUT2D eigenvalue weighted by Gasteiger charge is 2.22. The Morgan fingerprint density at radius 1 is 1.18 bits per heavy atom. The summed E-state index contributed by atoms with van der Waals surface area (Å²) in [6.45, 7) is 7.27. The Morgan fingerprint density at radius 3 is 2.64 bits per heavy atom. The van der Waals surface area contributed by atoms with Crippen molar-refractivity contribution in [2.24, 2.45) is 5.92 Å². The van der Waals surface area contributed by atoms with E-state index in [0.717, 1.165) is 51.1 Å². The summed E-state index contributed by atoms with van der Waals surface area (Å²) in [5.41, 5.74) is 2.25. The predicted octanol–water partition coefficient (Wildman–Crippen LogP) is 3.57. The van der Waals surface area contributed by atoms with Crippen molar-refractivity contribution in [2.45, 2.75) is 58.5 Å². The number of nitrogens with one attached hydrogen (secondary N) is 2. The highest BCUT2D eigenvalue weighted by Crippen LogP contribution is 2.27. The lowest BCUT2D eigenvalue weighted by atomic mass is 10.1. The minimum Gasteiger partial charge on any atom is -0.376 e. The molecule has 1 atom stereocenters. The SMILES string of the molecule is CC(C)CC(=O)Nc1ccc(N2CCCCC2)c(C(=O)NC[C@@H]2CCCO2)c1. The second kappa shape index (κ2) is 9.92. The number of benzene rings is 1. The van der Waals surface area contributed by atoms with Gasteiger partial charge < -0.3 is 20.3 Å². The first-order valence-electron chi connectivity index (χ1n) is 10.6. The van der Waals surface area contributed by atoms with Crippen LogP contribution < -0.4 is 15.5 Å². The number of rotatable bonds is 7. The summed E-state index contributed by atoms with van der Waals surface area (Å²) in [5.74, 6) is 0.171. The van der Waals surface area contributed by atoms with Gasteiger partial charge in [0.05, 0.1) is 11.7 Å². The molecule has 0 spiro atoms. The Morgan fingerprint density at radius 2 is 1.96 bits per heavy atom. The van der Waals surface area contributed by atoms with E-state index >= 15 is 0 Å². The van der Waals surface area contributed by atoms with Gasteiger partial charge in [0.2, 0.25) is 5.91 Å². The zero-order valence-corrected chi connectivity index (χ0v) is 17.1. The Bertz CT molecular complexity index is 678. The van der Waals surface area contributed by atoms with Crippen LogP contribution in [0, 0.1) is 5.92 Å². The van der Waals surface area contributed by atoms with Crippen LogP contribution in [0.15, 0.2) is 18.2 Å². The molecule has 2 saturated heterocycles. The maximum atomic E-state index is 13.0.